The van der Waals surface area contributed by atoms with Crippen molar-refractivity contribution >= 4 is 40.9 Å². The number of nitrogens with one attached hydrogen (secondary N) is 1. The van der Waals surface area contributed by atoms with Crippen LogP contribution in [0.25, 0.3) is 11.4 Å². The van der Waals surface area contributed by atoms with Gasteiger partial charge in [-0.2, -0.15) is 16.7 Å². The fourth-order valence-electron chi connectivity index (χ4n) is 4.02. The van der Waals surface area contributed by atoms with E-state index in [2.05, 4.69) is 26.4 Å². The highest BCUT2D eigenvalue weighted by atomic mass is 35.5. The smallest absolute Gasteiger partial charge is 0.241 e. The molecule has 1 amide bonds. The zero-order valence-corrected chi connectivity index (χ0v) is 21.2. The first-order valence-electron chi connectivity index (χ1n) is 11.5. The second-order valence-corrected chi connectivity index (χ2v) is 10.4. The Balaban J connectivity index is 1.17. The van der Waals surface area contributed by atoms with Crippen LogP contribution in [0.1, 0.15) is 30.7 Å². The highest BCUT2D eigenvalue weighted by Gasteiger charge is 2.26. The van der Waals surface area contributed by atoms with E-state index in [1.807, 2.05) is 54.2 Å². The molecule has 1 atom stereocenters. The molecule has 4 rings (SSSR count). The van der Waals surface area contributed by atoms with Crippen molar-refractivity contribution in [2.45, 2.75) is 31.6 Å². The Hall–Kier alpha value is -2.06. The predicted molar refractivity (Wildman–Crippen MR) is 138 cm³/mol. The second-order valence-electron chi connectivity index (χ2n) is 8.42. The molecule has 0 bridgehead atoms. The van der Waals surface area contributed by atoms with E-state index in [4.69, 9.17) is 27.7 Å². The van der Waals surface area contributed by atoms with E-state index in [0.717, 1.165) is 47.9 Å². The third-order valence-electron chi connectivity index (χ3n) is 5.71. The van der Waals surface area contributed by atoms with Crippen LogP contribution in [0.2, 0.25) is 10.0 Å². The molecule has 3 aromatic rings. The van der Waals surface area contributed by atoms with Crippen molar-refractivity contribution in [2.24, 2.45) is 5.92 Å². The maximum atomic E-state index is 12.7. The fourth-order valence-corrected chi connectivity index (χ4v) is 5.33. The number of nitrogens with zero attached hydrogens (tertiary/aromatic N) is 3. The monoisotopic (exact) mass is 518 g/mol. The predicted octanol–water partition coefficient (Wildman–Crippen LogP) is 5.70. The molecule has 6 nitrogen and oxygen atoms in total. The van der Waals surface area contributed by atoms with Crippen LogP contribution in [0.5, 0.6) is 0 Å². The number of carbonyl (C=O) groups excluding carboxylic acids is 1. The number of piperidine rings is 1. The fraction of sp³-hybridized carbons (Fsp3) is 0.400. The molecule has 1 aliphatic rings. The normalized spacial score (nSPS) is 16.5. The summed E-state index contributed by atoms with van der Waals surface area (Å²) in [6, 6.07) is 15.3. The standard InChI is InChI=1S/C25H28Cl2N4O2S/c26-21-8-1-5-18(13-21)17-34-12-4-10-28-25(32)20-7-3-11-31(15-20)16-23-29-24(30-33-23)19-6-2-9-22(27)14-19/h1-2,5-6,8-9,13-14,20H,3-4,7,10-12,15-17H2,(H,28,32). The number of likely N-dealkylation sites (tertiary alicyclic amines) is 1. The molecule has 0 aliphatic carbocycles. The van der Waals surface area contributed by atoms with E-state index < -0.39 is 0 Å². The molecule has 0 saturated carbocycles. The summed E-state index contributed by atoms with van der Waals surface area (Å²) in [7, 11) is 0. The third-order valence-corrected chi connectivity index (χ3v) is 7.29. The summed E-state index contributed by atoms with van der Waals surface area (Å²) in [5, 5.41) is 8.59. The number of aromatic nitrogens is 2. The topological polar surface area (TPSA) is 71.3 Å². The molecule has 34 heavy (non-hydrogen) atoms. The molecule has 1 aromatic heterocycles. The van der Waals surface area contributed by atoms with Gasteiger partial charge in [-0.25, -0.2) is 0 Å². The van der Waals surface area contributed by atoms with Crippen LogP contribution >= 0.6 is 35.0 Å². The highest BCUT2D eigenvalue weighted by Crippen LogP contribution is 2.22. The van der Waals surface area contributed by atoms with E-state index in [0.29, 0.717) is 36.4 Å². The van der Waals surface area contributed by atoms with Crippen molar-refractivity contribution in [3.8, 4) is 11.4 Å². The summed E-state index contributed by atoms with van der Waals surface area (Å²) in [6.45, 7) is 2.85. The first-order chi connectivity index (χ1) is 16.6. The first-order valence-corrected chi connectivity index (χ1v) is 13.4. The lowest BCUT2D eigenvalue weighted by atomic mass is 9.97. The first kappa shape index (κ1) is 25.0. The minimum atomic E-state index is -0.0109. The number of benzene rings is 2. The van der Waals surface area contributed by atoms with Gasteiger partial charge in [0.25, 0.3) is 0 Å². The maximum Gasteiger partial charge on any atom is 0.241 e. The van der Waals surface area contributed by atoms with Gasteiger partial charge in [-0.1, -0.05) is 52.6 Å². The van der Waals surface area contributed by atoms with Gasteiger partial charge in [0.2, 0.25) is 17.6 Å². The average Bonchev–Trinajstić information content (AvgIpc) is 3.30. The molecule has 1 saturated heterocycles. The van der Waals surface area contributed by atoms with E-state index in [-0.39, 0.29) is 11.8 Å². The van der Waals surface area contributed by atoms with Crippen molar-refractivity contribution in [3.63, 3.8) is 0 Å². The average molecular weight is 519 g/mol. The quantitative estimate of drug-likeness (QED) is 0.347. The van der Waals surface area contributed by atoms with Gasteiger partial charge in [0.05, 0.1) is 12.5 Å². The number of thioether (sulfide) groups is 1. The SMILES string of the molecule is O=C(NCCCSCc1cccc(Cl)c1)C1CCCN(Cc2nc(-c3cccc(Cl)c3)no2)C1. The van der Waals surface area contributed by atoms with E-state index in [1.165, 1.54) is 5.56 Å². The molecule has 2 aromatic carbocycles. The van der Waals surface area contributed by atoms with Crippen molar-refractivity contribution in [1.82, 2.24) is 20.4 Å². The molecule has 1 aliphatic heterocycles. The zero-order valence-electron chi connectivity index (χ0n) is 18.9. The van der Waals surface area contributed by atoms with Gasteiger partial charge in [0, 0.05) is 34.5 Å². The number of carbonyl (C=O) groups is 1. The van der Waals surface area contributed by atoms with Crippen molar-refractivity contribution in [1.29, 1.82) is 0 Å². The summed E-state index contributed by atoms with van der Waals surface area (Å²) >= 11 is 13.9. The summed E-state index contributed by atoms with van der Waals surface area (Å²) in [4.78, 5) is 19.4. The molecular formula is C25H28Cl2N4O2S. The molecule has 1 unspecified atom stereocenters. The lowest BCUT2D eigenvalue weighted by molar-refractivity contribution is -0.126. The molecule has 0 radical (unpaired) electrons. The van der Waals surface area contributed by atoms with Gasteiger partial charge >= 0.3 is 0 Å². The van der Waals surface area contributed by atoms with Gasteiger partial charge in [0.15, 0.2) is 0 Å². The third kappa shape index (κ3) is 7.47. The lowest BCUT2D eigenvalue weighted by Crippen LogP contribution is -2.43. The van der Waals surface area contributed by atoms with Crippen LogP contribution in [0, 0.1) is 5.92 Å². The Morgan fingerprint density at radius 3 is 2.82 bits per heavy atom. The minimum absolute atomic E-state index is 0.0109. The summed E-state index contributed by atoms with van der Waals surface area (Å²) in [5.41, 5.74) is 2.05. The Labute approximate surface area is 214 Å². The molecule has 180 valence electrons. The van der Waals surface area contributed by atoms with Gasteiger partial charge in [-0.3, -0.25) is 9.69 Å². The number of rotatable bonds is 10. The molecule has 1 N–H and O–H groups in total. The second kappa shape index (κ2) is 12.6. The van der Waals surface area contributed by atoms with Crippen molar-refractivity contribution < 1.29 is 9.32 Å². The Kier molecular flexibility index (Phi) is 9.27. The van der Waals surface area contributed by atoms with E-state index in [1.54, 1.807) is 0 Å². The van der Waals surface area contributed by atoms with Crippen LogP contribution in [0.3, 0.4) is 0 Å². The van der Waals surface area contributed by atoms with Gasteiger partial charge < -0.3 is 9.84 Å². The highest BCUT2D eigenvalue weighted by molar-refractivity contribution is 7.98. The molecule has 9 heteroatoms. The number of halogens is 2. The molecule has 0 spiro atoms. The van der Waals surface area contributed by atoms with Crippen LogP contribution in [0.4, 0.5) is 0 Å². The largest absolute Gasteiger partial charge is 0.356 e. The summed E-state index contributed by atoms with van der Waals surface area (Å²) < 4.78 is 5.44. The number of hydrogen-bond donors (Lipinski definition) is 1. The molecular weight excluding hydrogens is 491 g/mol. The van der Waals surface area contributed by atoms with Crippen LogP contribution in [-0.4, -0.2) is 46.3 Å². The number of amides is 1. The van der Waals surface area contributed by atoms with Crippen molar-refractivity contribution in [2.75, 3.05) is 25.4 Å². The molecule has 2 heterocycles. The zero-order chi connectivity index (χ0) is 23.8. The molecule has 1 fully saturated rings. The Bertz CT molecular complexity index is 1090. The van der Waals surface area contributed by atoms with Crippen molar-refractivity contribution in [3.05, 3.63) is 70.0 Å². The van der Waals surface area contributed by atoms with E-state index in [9.17, 15) is 4.79 Å². The van der Waals surface area contributed by atoms with Crippen LogP contribution < -0.4 is 5.32 Å². The summed E-state index contributed by atoms with van der Waals surface area (Å²) in [5.74, 6) is 3.12. The van der Waals surface area contributed by atoms with Crippen LogP contribution in [-0.2, 0) is 17.1 Å². The summed E-state index contributed by atoms with van der Waals surface area (Å²) in [6.07, 6.45) is 2.83. The Morgan fingerprint density at radius 2 is 2.00 bits per heavy atom. The minimum Gasteiger partial charge on any atom is -0.356 e. The maximum absolute atomic E-state index is 12.7. The van der Waals surface area contributed by atoms with Gasteiger partial charge in [-0.15, -0.1) is 0 Å². The Morgan fingerprint density at radius 1 is 1.18 bits per heavy atom. The van der Waals surface area contributed by atoms with E-state index >= 15 is 0 Å². The number of hydrogen-bond acceptors (Lipinski definition) is 6. The van der Waals surface area contributed by atoms with Gasteiger partial charge in [-0.05, 0) is 61.4 Å². The van der Waals surface area contributed by atoms with Gasteiger partial charge in [0.1, 0.15) is 0 Å². The van der Waals surface area contributed by atoms with Crippen LogP contribution in [0.15, 0.2) is 53.1 Å². The lowest BCUT2D eigenvalue weighted by Gasteiger charge is -2.30.